The highest BCUT2D eigenvalue weighted by atomic mass is 16.2. The first-order valence-corrected chi connectivity index (χ1v) is 4.72. The van der Waals surface area contributed by atoms with Crippen LogP contribution in [0.1, 0.15) is 10.5 Å². The summed E-state index contributed by atoms with van der Waals surface area (Å²) in [7, 11) is 1.66. The molecular weight excluding hydrogens is 224 g/mol. The maximum atomic E-state index is 11.7. The molecule has 8 nitrogen and oxygen atoms in total. The van der Waals surface area contributed by atoms with Crippen LogP contribution < -0.4 is 16.6 Å². The molecule has 0 spiro atoms. The van der Waals surface area contributed by atoms with Gasteiger partial charge in [0.25, 0.3) is 11.5 Å². The van der Waals surface area contributed by atoms with Crippen molar-refractivity contribution in [1.29, 1.82) is 0 Å². The van der Waals surface area contributed by atoms with Crippen LogP contribution >= 0.6 is 0 Å². The van der Waals surface area contributed by atoms with Gasteiger partial charge in [-0.05, 0) is 6.07 Å². The Morgan fingerprint density at radius 1 is 1.53 bits per heavy atom. The summed E-state index contributed by atoms with van der Waals surface area (Å²) in [5.41, 5.74) is 5.63. The van der Waals surface area contributed by atoms with Gasteiger partial charge in [-0.25, -0.2) is 5.10 Å². The quantitative estimate of drug-likeness (QED) is 0.637. The lowest BCUT2D eigenvalue weighted by atomic mass is 10.3. The van der Waals surface area contributed by atoms with E-state index in [-0.39, 0.29) is 22.8 Å². The summed E-state index contributed by atoms with van der Waals surface area (Å²) < 4.78 is 1.44. The predicted molar refractivity (Wildman–Crippen MR) is 60.4 cm³/mol. The van der Waals surface area contributed by atoms with E-state index in [1.54, 1.807) is 7.05 Å². The molecule has 0 aliphatic carbocycles. The van der Waals surface area contributed by atoms with Crippen LogP contribution in [0.5, 0.6) is 0 Å². The van der Waals surface area contributed by atoms with Crippen LogP contribution in [-0.2, 0) is 7.05 Å². The van der Waals surface area contributed by atoms with E-state index in [1.807, 2.05) is 0 Å². The Kier molecular flexibility index (Phi) is 2.61. The minimum absolute atomic E-state index is 0.112. The molecule has 17 heavy (non-hydrogen) atoms. The van der Waals surface area contributed by atoms with Crippen LogP contribution in [0.2, 0.25) is 0 Å². The van der Waals surface area contributed by atoms with Crippen molar-refractivity contribution in [2.24, 2.45) is 7.05 Å². The third kappa shape index (κ3) is 2.30. The van der Waals surface area contributed by atoms with E-state index in [1.165, 1.54) is 23.0 Å². The third-order valence-electron chi connectivity index (χ3n) is 1.99. The number of carbonyl (C=O) groups excluding carboxylic acids is 1. The largest absolute Gasteiger partial charge is 0.396 e. The van der Waals surface area contributed by atoms with Crippen LogP contribution in [-0.4, -0.2) is 25.9 Å². The Morgan fingerprint density at radius 3 is 2.82 bits per heavy atom. The number of anilines is 2. The number of aromatic nitrogens is 4. The van der Waals surface area contributed by atoms with Gasteiger partial charge in [0, 0.05) is 19.3 Å². The average Bonchev–Trinajstić information content (AvgIpc) is 2.61. The SMILES string of the molecule is Cn1cc(N)c(C(=O)Nc2ccc(=O)[nH]n2)n1. The summed E-state index contributed by atoms with van der Waals surface area (Å²) in [5, 5.41) is 12.2. The molecule has 0 aromatic carbocycles. The molecule has 0 bridgehead atoms. The van der Waals surface area contributed by atoms with E-state index in [0.717, 1.165) is 0 Å². The summed E-state index contributed by atoms with van der Waals surface area (Å²) in [6.07, 6.45) is 1.52. The molecule has 2 aromatic rings. The van der Waals surface area contributed by atoms with E-state index in [0.29, 0.717) is 0 Å². The van der Waals surface area contributed by atoms with Crippen molar-refractivity contribution in [3.05, 3.63) is 34.4 Å². The highest BCUT2D eigenvalue weighted by Crippen LogP contribution is 2.09. The van der Waals surface area contributed by atoms with Gasteiger partial charge in [0.05, 0.1) is 5.69 Å². The Balaban J connectivity index is 2.19. The summed E-state index contributed by atoms with van der Waals surface area (Å²) in [5.74, 6) is -0.262. The van der Waals surface area contributed by atoms with E-state index < -0.39 is 5.91 Å². The second-order valence-electron chi connectivity index (χ2n) is 3.37. The van der Waals surface area contributed by atoms with Crippen LogP contribution in [0, 0.1) is 0 Å². The number of hydrogen-bond acceptors (Lipinski definition) is 5. The Labute approximate surface area is 95.4 Å². The Morgan fingerprint density at radius 2 is 2.29 bits per heavy atom. The van der Waals surface area contributed by atoms with Crippen molar-refractivity contribution in [1.82, 2.24) is 20.0 Å². The summed E-state index contributed by atoms with van der Waals surface area (Å²) in [6, 6.07) is 2.64. The number of H-pyrrole nitrogens is 1. The van der Waals surface area contributed by atoms with Crippen LogP contribution in [0.4, 0.5) is 11.5 Å². The highest BCUT2D eigenvalue weighted by molar-refractivity contribution is 6.05. The van der Waals surface area contributed by atoms with Crippen molar-refractivity contribution in [2.45, 2.75) is 0 Å². The number of nitrogens with one attached hydrogen (secondary N) is 2. The molecule has 2 rings (SSSR count). The van der Waals surface area contributed by atoms with Gasteiger partial charge in [-0.1, -0.05) is 0 Å². The Hall–Kier alpha value is -2.64. The fourth-order valence-corrected chi connectivity index (χ4v) is 1.27. The molecule has 0 saturated carbocycles. The molecule has 0 aliphatic heterocycles. The topological polar surface area (TPSA) is 119 Å². The molecule has 0 saturated heterocycles. The number of hydrogen-bond donors (Lipinski definition) is 3. The van der Waals surface area contributed by atoms with Gasteiger partial charge in [-0.2, -0.15) is 10.2 Å². The van der Waals surface area contributed by atoms with Crippen LogP contribution in [0.3, 0.4) is 0 Å². The number of nitrogens with two attached hydrogens (primary N) is 1. The first-order chi connectivity index (χ1) is 8.06. The first-order valence-electron chi connectivity index (χ1n) is 4.72. The fourth-order valence-electron chi connectivity index (χ4n) is 1.27. The molecule has 0 atom stereocenters. The minimum Gasteiger partial charge on any atom is -0.396 e. The number of carbonyl (C=O) groups is 1. The third-order valence-corrected chi connectivity index (χ3v) is 1.99. The number of nitrogens with zero attached hydrogens (tertiary/aromatic N) is 3. The fraction of sp³-hybridized carbons (Fsp3) is 0.111. The molecule has 0 radical (unpaired) electrons. The minimum atomic E-state index is -0.484. The van der Waals surface area contributed by atoms with E-state index in [9.17, 15) is 9.59 Å². The maximum Gasteiger partial charge on any atom is 0.279 e. The van der Waals surface area contributed by atoms with Gasteiger partial charge in [-0.15, -0.1) is 0 Å². The lowest BCUT2D eigenvalue weighted by molar-refractivity contribution is 0.102. The van der Waals surface area contributed by atoms with E-state index >= 15 is 0 Å². The Bertz CT molecular complexity index is 594. The monoisotopic (exact) mass is 234 g/mol. The zero-order chi connectivity index (χ0) is 12.4. The van der Waals surface area contributed by atoms with Gasteiger partial charge < -0.3 is 11.1 Å². The number of amides is 1. The van der Waals surface area contributed by atoms with Gasteiger partial charge in [0.15, 0.2) is 11.5 Å². The molecule has 2 aromatic heterocycles. The molecule has 8 heteroatoms. The van der Waals surface area contributed by atoms with Crippen molar-refractivity contribution in [2.75, 3.05) is 11.1 Å². The van der Waals surface area contributed by atoms with Crippen molar-refractivity contribution in [3.63, 3.8) is 0 Å². The molecule has 0 unspecified atom stereocenters. The first kappa shape index (κ1) is 10.9. The van der Waals surface area contributed by atoms with Crippen molar-refractivity contribution < 1.29 is 4.79 Å². The van der Waals surface area contributed by atoms with Gasteiger partial charge in [0.2, 0.25) is 0 Å². The zero-order valence-corrected chi connectivity index (χ0v) is 8.97. The molecule has 1 amide bonds. The van der Waals surface area contributed by atoms with Crippen LogP contribution in [0.25, 0.3) is 0 Å². The van der Waals surface area contributed by atoms with Crippen LogP contribution in [0.15, 0.2) is 23.1 Å². The summed E-state index contributed by atoms with van der Waals surface area (Å²) in [4.78, 5) is 22.5. The molecule has 4 N–H and O–H groups in total. The second kappa shape index (κ2) is 4.08. The molecule has 0 aliphatic rings. The summed E-state index contributed by atoms with van der Waals surface area (Å²) in [6.45, 7) is 0. The normalized spacial score (nSPS) is 10.2. The van der Waals surface area contributed by atoms with E-state index in [2.05, 4.69) is 20.6 Å². The number of aromatic amines is 1. The number of aryl methyl sites for hydroxylation is 1. The maximum absolute atomic E-state index is 11.7. The molecule has 88 valence electrons. The zero-order valence-electron chi connectivity index (χ0n) is 8.97. The van der Waals surface area contributed by atoms with Crippen molar-refractivity contribution >= 4 is 17.4 Å². The highest BCUT2D eigenvalue weighted by Gasteiger charge is 2.14. The second-order valence-corrected chi connectivity index (χ2v) is 3.37. The van der Waals surface area contributed by atoms with Gasteiger partial charge in [-0.3, -0.25) is 14.3 Å². The molecular formula is C9H10N6O2. The predicted octanol–water partition coefficient (Wildman–Crippen LogP) is -0.662. The summed E-state index contributed by atoms with van der Waals surface area (Å²) >= 11 is 0. The van der Waals surface area contributed by atoms with Crippen molar-refractivity contribution in [3.8, 4) is 0 Å². The average molecular weight is 234 g/mol. The van der Waals surface area contributed by atoms with Gasteiger partial charge >= 0.3 is 0 Å². The molecule has 2 heterocycles. The number of nitrogen functional groups attached to an aromatic ring is 1. The van der Waals surface area contributed by atoms with E-state index in [4.69, 9.17) is 5.73 Å². The number of rotatable bonds is 2. The molecule has 0 fully saturated rings. The van der Waals surface area contributed by atoms with Gasteiger partial charge in [0.1, 0.15) is 0 Å². The lowest BCUT2D eigenvalue weighted by Gasteiger charge is -2.01. The smallest absolute Gasteiger partial charge is 0.279 e. The standard InChI is InChI=1S/C9H10N6O2/c1-15-4-5(10)8(14-15)9(17)11-6-2-3-7(16)13-12-6/h2-4H,10H2,1H3,(H,13,16)(H,11,12,17). The lowest BCUT2D eigenvalue weighted by Crippen LogP contribution is -2.17.